The SMILES string of the molecule is C1COCCO1.C1COCCO1.C1COCCO1.C1COCCO1.C1COCCO1.C1COCCO1.C1COCCO1.Cc1cc(Cl)cc(C)c1[O-].Cc1cc(Cl)cc(C)c1[O-].Cc1cc(Cl)cc(C)c1[O-].Cc1cc(Cl)cc(C)c1[O-].[K+].[K+].[K+].[K+]. The molecular weight excluding hydrogens is 1310 g/mol. The summed E-state index contributed by atoms with van der Waals surface area (Å²) in [6, 6.07) is 13.4. The number of rotatable bonds is 0. The van der Waals surface area contributed by atoms with Gasteiger partial charge >= 0.3 is 206 Å². The van der Waals surface area contributed by atoms with Gasteiger partial charge in [-0.25, -0.2) is 0 Å². The number of ether oxygens (including phenoxy) is 14. The maximum atomic E-state index is 11.1. The van der Waals surface area contributed by atoms with E-state index >= 15 is 0 Å². The molecule has 26 heteroatoms. The van der Waals surface area contributed by atoms with Crippen LogP contribution in [0.1, 0.15) is 44.5 Å². The first kappa shape index (κ1) is 95.6. The van der Waals surface area contributed by atoms with Crippen LogP contribution < -0.4 is 226 Å². The fourth-order valence-corrected chi connectivity index (χ4v) is 7.98. The second-order valence-corrected chi connectivity index (χ2v) is 19.8. The maximum absolute atomic E-state index is 11.1. The molecule has 4 aromatic carbocycles. The predicted octanol–water partition coefficient (Wildman–Crippen LogP) is -3.63. The van der Waals surface area contributed by atoms with Crippen LogP contribution in [0.2, 0.25) is 20.1 Å². The molecule has 0 bridgehead atoms. The summed E-state index contributed by atoms with van der Waals surface area (Å²) in [6.45, 7) is 35.9. The number of hydrogen-bond acceptors (Lipinski definition) is 18. The van der Waals surface area contributed by atoms with Gasteiger partial charge in [0.25, 0.3) is 0 Å². The molecule has 7 aliphatic rings. The molecule has 0 unspecified atom stereocenters. The summed E-state index contributed by atoms with van der Waals surface area (Å²) < 4.78 is 69.2. The summed E-state index contributed by atoms with van der Waals surface area (Å²) in [7, 11) is 0. The van der Waals surface area contributed by atoms with Crippen molar-refractivity contribution < 1.29 is 292 Å². The summed E-state index contributed by atoms with van der Waals surface area (Å²) in [5, 5.41) is 46.8. The van der Waals surface area contributed by atoms with Crippen LogP contribution in [0, 0.1) is 55.4 Å². The monoisotopic (exact) mass is 1390 g/mol. The summed E-state index contributed by atoms with van der Waals surface area (Å²) in [5.41, 5.74) is 5.70. The molecule has 0 atom stereocenters. The van der Waals surface area contributed by atoms with E-state index in [9.17, 15) is 20.4 Å². The van der Waals surface area contributed by atoms with Crippen LogP contribution in [-0.2, 0) is 66.3 Å². The molecule has 11 rings (SSSR count). The Balaban J connectivity index is -0.000000431. The molecule has 0 amide bonds. The van der Waals surface area contributed by atoms with Gasteiger partial charge in [-0.05, 0) is 104 Å². The van der Waals surface area contributed by atoms with E-state index in [1.807, 2.05) is 0 Å². The number of hydrogen-bond donors (Lipinski definition) is 0. The van der Waals surface area contributed by atoms with Gasteiger partial charge in [0.15, 0.2) is 0 Å². The molecule has 0 aliphatic carbocycles. The van der Waals surface area contributed by atoms with Gasteiger partial charge < -0.3 is 86.7 Å². The van der Waals surface area contributed by atoms with Crippen molar-refractivity contribution in [1.82, 2.24) is 0 Å². The van der Waals surface area contributed by atoms with E-state index in [1.165, 1.54) is 0 Å². The second-order valence-electron chi connectivity index (χ2n) is 18.0. The van der Waals surface area contributed by atoms with Crippen molar-refractivity contribution in [2.75, 3.05) is 185 Å². The van der Waals surface area contributed by atoms with Gasteiger partial charge in [-0.1, -0.05) is 90.9 Å². The summed E-state index contributed by atoms with van der Waals surface area (Å²) in [4.78, 5) is 0. The zero-order valence-corrected chi connectivity index (χ0v) is 68.8. The zero-order chi connectivity index (χ0) is 60.6. The van der Waals surface area contributed by atoms with E-state index in [0.29, 0.717) is 64.6 Å². The van der Waals surface area contributed by atoms with E-state index < -0.39 is 0 Å². The first-order chi connectivity index (χ1) is 39.4. The Labute approximate surface area is 702 Å². The van der Waals surface area contributed by atoms with Gasteiger partial charge in [0.1, 0.15) is 0 Å². The molecule has 0 spiro atoms. The first-order valence-corrected chi connectivity index (χ1v) is 28.8. The van der Waals surface area contributed by atoms with Crippen LogP contribution in [0.25, 0.3) is 0 Å². The normalized spacial score (nSPS) is 16.3. The maximum Gasteiger partial charge on any atom is 1.00 e. The van der Waals surface area contributed by atoms with Gasteiger partial charge in [-0.2, -0.15) is 0 Å². The molecule has 0 aromatic heterocycles. The van der Waals surface area contributed by atoms with Crippen LogP contribution in [0.3, 0.4) is 0 Å². The largest absolute Gasteiger partial charge is 1.00 e. The topological polar surface area (TPSA) is 221 Å². The van der Waals surface area contributed by atoms with Gasteiger partial charge in [-0.15, -0.1) is 23.0 Å². The fourth-order valence-electron chi connectivity index (χ4n) is 6.67. The number of benzene rings is 4. The standard InChI is InChI=1S/4C8H9ClO.7C4H8O2.4K/c4*1-5-3-7(9)4-6(2)8(5)10;7*1-2-6-4-3-5-1;;;;/h4*3-4,10H,1-2H3;7*1-4H2;;;;/q;;;;;;;;;;;4*+1/p-4. The van der Waals surface area contributed by atoms with Crippen molar-refractivity contribution in [2.45, 2.75) is 55.4 Å². The molecule has 7 heterocycles. The van der Waals surface area contributed by atoms with Crippen LogP contribution in [0.15, 0.2) is 48.5 Å². The number of aryl methyl sites for hydroxylation is 8. The third-order valence-corrected chi connectivity index (χ3v) is 11.8. The Morgan fingerprint density at radius 1 is 0.198 bits per heavy atom. The Morgan fingerprint density at radius 3 is 0.326 bits per heavy atom. The van der Waals surface area contributed by atoms with Gasteiger partial charge in [0.2, 0.25) is 0 Å². The van der Waals surface area contributed by atoms with Crippen molar-refractivity contribution in [3.8, 4) is 23.0 Å². The molecule has 0 N–H and O–H groups in total. The minimum Gasteiger partial charge on any atom is -0.872 e. The molecule has 0 radical (unpaired) electrons. The van der Waals surface area contributed by atoms with Crippen molar-refractivity contribution >= 4 is 46.4 Å². The molecule has 0 saturated carbocycles. The predicted molar refractivity (Wildman–Crippen MR) is 313 cm³/mol. The Kier molecular flexibility index (Phi) is 72.8. The summed E-state index contributed by atoms with van der Waals surface area (Å²) in [6.07, 6.45) is 0. The average Bonchev–Trinajstić information content (AvgIpc) is 3.65. The van der Waals surface area contributed by atoms with E-state index in [0.717, 1.165) is 185 Å². The average molecular weight is 1400 g/mol. The van der Waals surface area contributed by atoms with Gasteiger partial charge in [0, 0.05) is 20.1 Å². The van der Waals surface area contributed by atoms with Crippen molar-refractivity contribution in [1.29, 1.82) is 0 Å². The molecular formula is C60H88Cl4K4O18. The van der Waals surface area contributed by atoms with E-state index in [1.54, 1.807) is 104 Å². The van der Waals surface area contributed by atoms with E-state index in [2.05, 4.69) is 0 Å². The Hall–Kier alpha value is 3.23. The third-order valence-electron chi connectivity index (χ3n) is 10.9. The van der Waals surface area contributed by atoms with E-state index in [4.69, 9.17) is 113 Å². The Morgan fingerprint density at radius 2 is 0.267 bits per heavy atom. The van der Waals surface area contributed by atoms with Crippen LogP contribution in [-0.4, -0.2) is 185 Å². The molecule has 7 saturated heterocycles. The number of halogens is 4. The molecule has 4 aromatic rings. The van der Waals surface area contributed by atoms with Crippen molar-refractivity contribution in [2.24, 2.45) is 0 Å². The molecule has 7 fully saturated rings. The van der Waals surface area contributed by atoms with Crippen LogP contribution >= 0.6 is 46.4 Å². The second kappa shape index (κ2) is 65.5. The van der Waals surface area contributed by atoms with Crippen molar-refractivity contribution in [3.63, 3.8) is 0 Å². The quantitative estimate of drug-likeness (QED) is 0.155. The molecule has 468 valence electrons. The molecule has 18 nitrogen and oxygen atoms in total. The zero-order valence-electron chi connectivity index (χ0n) is 53.3. The van der Waals surface area contributed by atoms with Crippen molar-refractivity contribution in [3.05, 3.63) is 113 Å². The summed E-state index contributed by atoms with van der Waals surface area (Å²) in [5.74, 6) is 0.350. The first-order valence-electron chi connectivity index (χ1n) is 27.3. The van der Waals surface area contributed by atoms with E-state index in [-0.39, 0.29) is 229 Å². The Bertz CT molecular complexity index is 1710. The molecule has 86 heavy (non-hydrogen) atoms. The third kappa shape index (κ3) is 54.4. The summed E-state index contributed by atoms with van der Waals surface area (Å²) >= 11 is 22.7. The molecule has 7 aliphatic heterocycles. The van der Waals surface area contributed by atoms with Crippen LogP contribution in [0.5, 0.6) is 23.0 Å². The minimum absolute atomic E-state index is 0. The van der Waals surface area contributed by atoms with Crippen LogP contribution in [0.4, 0.5) is 0 Å². The fraction of sp³-hybridized carbons (Fsp3) is 0.600. The minimum atomic E-state index is 0. The van der Waals surface area contributed by atoms with Gasteiger partial charge in [0.05, 0.1) is 185 Å². The smallest absolute Gasteiger partial charge is 0.872 e. The van der Waals surface area contributed by atoms with Gasteiger partial charge in [-0.3, -0.25) is 0 Å².